The number of nitrogens with zero attached hydrogens (tertiary/aromatic N) is 1. The van der Waals surface area contributed by atoms with E-state index in [1.807, 2.05) is 18.2 Å². The molecule has 3 nitrogen and oxygen atoms in total. The third-order valence-corrected chi connectivity index (χ3v) is 5.89. The average Bonchev–Trinajstić information content (AvgIpc) is 3.06. The largest absolute Gasteiger partial charge is 0.366 e. The van der Waals surface area contributed by atoms with E-state index in [2.05, 4.69) is 85.1 Å². The molecule has 0 spiro atoms. The van der Waals surface area contributed by atoms with Gasteiger partial charge in [-0.25, -0.2) is 0 Å². The smallest absolute Gasteiger partial charge is 0.249 e. The number of fused-ring (bicyclic) bond motifs is 3. The molecular formula is C28H24N2O. The van der Waals surface area contributed by atoms with Crippen LogP contribution in [0.1, 0.15) is 27.0 Å². The molecule has 31 heavy (non-hydrogen) atoms. The fourth-order valence-electron chi connectivity index (χ4n) is 4.67. The molecule has 0 aliphatic heterocycles. The van der Waals surface area contributed by atoms with E-state index in [1.165, 1.54) is 22.3 Å². The van der Waals surface area contributed by atoms with Gasteiger partial charge in [-0.05, 0) is 48.7 Å². The predicted molar refractivity (Wildman–Crippen MR) is 128 cm³/mol. The van der Waals surface area contributed by atoms with Gasteiger partial charge in [0.2, 0.25) is 5.91 Å². The minimum atomic E-state index is -0.400. The Bertz CT molecular complexity index is 1420. The highest BCUT2D eigenvalue weighted by Crippen LogP contribution is 2.35. The lowest BCUT2D eigenvalue weighted by Crippen LogP contribution is -2.11. The highest BCUT2D eigenvalue weighted by Gasteiger charge is 2.17. The van der Waals surface area contributed by atoms with Crippen LogP contribution in [0.3, 0.4) is 0 Å². The third-order valence-electron chi connectivity index (χ3n) is 5.89. The lowest BCUT2D eigenvalue weighted by Gasteiger charge is -2.11. The minimum Gasteiger partial charge on any atom is -0.366 e. The van der Waals surface area contributed by atoms with Crippen molar-refractivity contribution in [1.29, 1.82) is 0 Å². The molecule has 0 saturated heterocycles. The zero-order valence-corrected chi connectivity index (χ0v) is 17.7. The van der Waals surface area contributed by atoms with Gasteiger partial charge in [-0.1, -0.05) is 77.9 Å². The van der Waals surface area contributed by atoms with Crippen LogP contribution in [0.5, 0.6) is 0 Å². The van der Waals surface area contributed by atoms with Gasteiger partial charge in [-0.2, -0.15) is 0 Å². The molecule has 152 valence electrons. The van der Waals surface area contributed by atoms with Crippen LogP contribution < -0.4 is 5.73 Å². The van der Waals surface area contributed by atoms with Crippen molar-refractivity contribution in [3.63, 3.8) is 0 Å². The number of nitrogens with two attached hydrogens (primary N) is 1. The summed E-state index contributed by atoms with van der Waals surface area (Å²) in [6.07, 6.45) is 0. The van der Waals surface area contributed by atoms with Gasteiger partial charge >= 0.3 is 0 Å². The number of aryl methyl sites for hydroxylation is 2. The Labute approximate surface area is 181 Å². The van der Waals surface area contributed by atoms with Crippen LogP contribution in [0, 0.1) is 13.8 Å². The van der Waals surface area contributed by atoms with E-state index < -0.39 is 5.91 Å². The third kappa shape index (κ3) is 3.38. The Morgan fingerprint density at radius 3 is 2.23 bits per heavy atom. The monoisotopic (exact) mass is 404 g/mol. The number of aromatic nitrogens is 1. The molecule has 5 rings (SSSR count). The molecule has 1 heterocycles. The Balaban J connectivity index is 1.81. The SMILES string of the molecule is Cc1cc(C)cc(Cn2c3cc(-c4ccccc4)ccc3c3c(C(N)=O)cccc32)c1. The summed E-state index contributed by atoms with van der Waals surface area (Å²) in [6, 6.07) is 29.3. The van der Waals surface area contributed by atoms with Gasteiger partial charge in [0, 0.05) is 22.9 Å². The van der Waals surface area contributed by atoms with Crippen molar-refractivity contribution >= 4 is 27.7 Å². The van der Waals surface area contributed by atoms with Crippen LogP contribution in [0.25, 0.3) is 32.9 Å². The molecule has 0 radical (unpaired) electrons. The molecule has 0 aliphatic carbocycles. The zero-order valence-electron chi connectivity index (χ0n) is 17.7. The quantitative estimate of drug-likeness (QED) is 0.379. The van der Waals surface area contributed by atoms with Gasteiger partial charge in [0.05, 0.1) is 11.0 Å². The van der Waals surface area contributed by atoms with Crippen molar-refractivity contribution in [3.8, 4) is 11.1 Å². The average molecular weight is 405 g/mol. The number of primary amides is 1. The van der Waals surface area contributed by atoms with Crippen LogP contribution in [0.15, 0.2) is 84.9 Å². The molecule has 2 N–H and O–H groups in total. The molecule has 0 aliphatic rings. The van der Waals surface area contributed by atoms with Crippen molar-refractivity contribution in [2.24, 2.45) is 5.73 Å². The fraction of sp³-hybridized carbons (Fsp3) is 0.107. The molecule has 0 saturated carbocycles. The highest BCUT2D eigenvalue weighted by molar-refractivity contribution is 6.18. The molecule has 1 amide bonds. The standard InChI is InChI=1S/C28H24N2O/c1-18-13-19(2)15-20(14-18)17-30-25-10-6-9-24(28(29)31)27(25)23-12-11-22(16-26(23)30)21-7-4-3-5-8-21/h3-16H,17H2,1-2H3,(H2,29,31). The maximum atomic E-state index is 12.2. The fourth-order valence-corrected chi connectivity index (χ4v) is 4.67. The van der Waals surface area contributed by atoms with Crippen LogP contribution in [0.2, 0.25) is 0 Å². The lowest BCUT2D eigenvalue weighted by molar-refractivity contribution is 0.100. The number of carbonyl (C=O) groups excluding carboxylic acids is 1. The molecule has 0 unspecified atom stereocenters. The Kier molecular flexibility index (Phi) is 4.59. The summed E-state index contributed by atoms with van der Waals surface area (Å²) >= 11 is 0. The number of rotatable bonds is 4. The number of carbonyl (C=O) groups is 1. The summed E-state index contributed by atoms with van der Waals surface area (Å²) in [5.41, 5.74) is 14.5. The Morgan fingerprint density at radius 1 is 0.774 bits per heavy atom. The first-order valence-corrected chi connectivity index (χ1v) is 10.5. The number of amides is 1. The van der Waals surface area contributed by atoms with Crippen molar-refractivity contribution in [2.45, 2.75) is 20.4 Å². The van der Waals surface area contributed by atoms with Crippen LogP contribution in [0.4, 0.5) is 0 Å². The molecule has 3 heteroatoms. The summed E-state index contributed by atoms with van der Waals surface area (Å²) in [7, 11) is 0. The van der Waals surface area contributed by atoms with Crippen molar-refractivity contribution in [3.05, 3.63) is 107 Å². The molecule has 5 aromatic rings. The van der Waals surface area contributed by atoms with E-state index in [4.69, 9.17) is 5.73 Å². The van der Waals surface area contributed by atoms with Crippen molar-refractivity contribution < 1.29 is 4.79 Å². The van der Waals surface area contributed by atoms with Crippen LogP contribution in [-0.4, -0.2) is 10.5 Å². The molecule has 4 aromatic carbocycles. The van der Waals surface area contributed by atoms with Gasteiger partial charge in [0.15, 0.2) is 0 Å². The normalized spacial score (nSPS) is 11.3. The molecule has 0 fully saturated rings. The number of hydrogen-bond donors (Lipinski definition) is 1. The maximum absolute atomic E-state index is 12.2. The molecule has 1 aromatic heterocycles. The molecular weight excluding hydrogens is 380 g/mol. The Morgan fingerprint density at radius 2 is 1.52 bits per heavy atom. The van der Waals surface area contributed by atoms with E-state index in [-0.39, 0.29) is 0 Å². The van der Waals surface area contributed by atoms with Gasteiger partial charge in [0.25, 0.3) is 0 Å². The van der Waals surface area contributed by atoms with E-state index in [0.29, 0.717) is 5.56 Å². The van der Waals surface area contributed by atoms with E-state index >= 15 is 0 Å². The second-order valence-corrected chi connectivity index (χ2v) is 8.24. The van der Waals surface area contributed by atoms with Crippen LogP contribution >= 0.6 is 0 Å². The zero-order chi connectivity index (χ0) is 21.5. The van der Waals surface area contributed by atoms with E-state index in [1.54, 1.807) is 0 Å². The molecule has 0 atom stereocenters. The minimum absolute atomic E-state index is 0.400. The van der Waals surface area contributed by atoms with Gasteiger partial charge < -0.3 is 10.3 Å². The predicted octanol–water partition coefficient (Wildman–Crippen LogP) is 6.23. The van der Waals surface area contributed by atoms with E-state index in [0.717, 1.165) is 33.9 Å². The second-order valence-electron chi connectivity index (χ2n) is 8.24. The highest BCUT2D eigenvalue weighted by atomic mass is 16.1. The van der Waals surface area contributed by atoms with Crippen LogP contribution in [-0.2, 0) is 6.54 Å². The summed E-state index contributed by atoms with van der Waals surface area (Å²) in [5, 5.41) is 1.97. The summed E-state index contributed by atoms with van der Waals surface area (Å²) in [5.74, 6) is -0.400. The lowest BCUT2D eigenvalue weighted by atomic mass is 10.0. The summed E-state index contributed by atoms with van der Waals surface area (Å²) in [6.45, 7) is 4.98. The van der Waals surface area contributed by atoms with Gasteiger partial charge in [0.1, 0.15) is 0 Å². The maximum Gasteiger partial charge on any atom is 0.249 e. The first-order chi connectivity index (χ1) is 15.0. The van der Waals surface area contributed by atoms with Gasteiger partial charge in [-0.15, -0.1) is 0 Å². The van der Waals surface area contributed by atoms with Crippen molar-refractivity contribution in [2.75, 3.05) is 0 Å². The number of hydrogen-bond acceptors (Lipinski definition) is 1. The van der Waals surface area contributed by atoms with E-state index in [9.17, 15) is 4.79 Å². The van der Waals surface area contributed by atoms with Crippen molar-refractivity contribution in [1.82, 2.24) is 4.57 Å². The first kappa shape index (κ1) is 19.1. The number of benzene rings is 4. The Hall–Kier alpha value is -3.85. The van der Waals surface area contributed by atoms with Gasteiger partial charge in [-0.3, -0.25) is 4.79 Å². The summed E-state index contributed by atoms with van der Waals surface area (Å²) in [4.78, 5) is 12.2. The topological polar surface area (TPSA) is 48.0 Å². The summed E-state index contributed by atoms with van der Waals surface area (Å²) < 4.78 is 2.30. The first-order valence-electron chi connectivity index (χ1n) is 10.5. The molecule has 0 bridgehead atoms. The second kappa shape index (κ2) is 7.44.